The van der Waals surface area contributed by atoms with Gasteiger partial charge in [0.15, 0.2) is 17.3 Å². The number of allylic oxidation sites excluding steroid dienone is 1. The number of nitrogens with one attached hydrogen (secondary N) is 1. The van der Waals surface area contributed by atoms with Crippen LogP contribution in [0.4, 0.5) is 5.69 Å². The van der Waals surface area contributed by atoms with Crippen LogP contribution in [0, 0.1) is 0 Å². The van der Waals surface area contributed by atoms with Crippen molar-refractivity contribution >= 4 is 35.2 Å². The van der Waals surface area contributed by atoms with Crippen LogP contribution < -0.4 is 19.5 Å². The summed E-state index contributed by atoms with van der Waals surface area (Å²) in [5.41, 5.74) is 3.35. The average molecular weight is 450 g/mol. The number of benzene rings is 3. The Morgan fingerprint density at radius 3 is 2.09 bits per heavy atom. The molecule has 0 aliphatic carbocycles. The van der Waals surface area contributed by atoms with Crippen LogP contribution in [-0.2, 0) is 0 Å². The van der Waals surface area contributed by atoms with Gasteiger partial charge >= 0.3 is 0 Å². The summed E-state index contributed by atoms with van der Waals surface area (Å²) in [6.45, 7) is 0. The third-order valence-corrected chi connectivity index (χ3v) is 4.89. The van der Waals surface area contributed by atoms with E-state index in [1.807, 2.05) is 48.6 Å². The van der Waals surface area contributed by atoms with Crippen LogP contribution in [0.1, 0.15) is 21.5 Å². The third-order valence-electron chi connectivity index (χ3n) is 4.66. The minimum Gasteiger partial charge on any atom is -0.493 e. The molecule has 164 valence electrons. The molecule has 5 nitrogen and oxygen atoms in total. The molecule has 0 heterocycles. The molecule has 0 fully saturated rings. The van der Waals surface area contributed by atoms with Gasteiger partial charge in [-0.25, -0.2) is 0 Å². The Kier molecular flexibility index (Phi) is 7.95. The summed E-state index contributed by atoms with van der Waals surface area (Å²) < 4.78 is 16.1. The summed E-state index contributed by atoms with van der Waals surface area (Å²) in [5.74, 6) is 1.64. The Hall–Kier alpha value is -3.70. The number of carbonyl (C=O) groups is 1. The second-order valence-electron chi connectivity index (χ2n) is 6.77. The van der Waals surface area contributed by atoms with Gasteiger partial charge in [0.2, 0.25) is 5.75 Å². The highest BCUT2D eigenvalue weighted by molar-refractivity contribution is 6.31. The molecule has 0 unspecified atom stereocenters. The molecule has 0 radical (unpaired) electrons. The van der Waals surface area contributed by atoms with Crippen LogP contribution in [0.3, 0.4) is 0 Å². The Morgan fingerprint density at radius 2 is 1.50 bits per heavy atom. The van der Waals surface area contributed by atoms with Gasteiger partial charge in [0.25, 0.3) is 0 Å². The summed E-state index contributed by atoms with van der Waals surface area (Å²) in [6, 6.07) is 18.4. The first-order valence-corrected chi connectivity index (χ1v) is 10.2. The molecule has 0 aliphatic rings. The largest absolute Gasteiger partial charge is 0.493 e. The van der Waals surface area contributed by atoms with Crippen LogP contribution in [0.2, 0.25) is 5.02 Å². The lowest BCUT2D eigenvalue weighted by atomic mass is 10.1. The van der Waals surface area contributed by atoms with Gasteiger partial charge in [0.1, 0.15) is 0 Å². The first-order valence-electron chi connectivity index (χ1n) is 9.85. The van der Waals surface area contributed by atoms with E-state index in [1.54, 1.807) is 51.8 Å². The van der Waals surface area contributed by atoms with Gasteiger partial charge in [-0.2, -0.15) is 0 Å². The average Bonchev–Trinajstić information content (AvgIpc) is 2.82. The monoisotopic (exact) mass is 449 g/mol. The molecule has 0 saturated carbocycles. The lowest BCUT2D eigenvalue weighted by Gasteiger charge is -2.12. The minimum absolute atomic E-state index is 0.120. The molecule has 0 amide bonds. The molecule has 0 aromatic heterocycles. The molecule has 32 heavy (non-hydrogen) atoms. The van der Waals surface area contributed by atoms with E-state index in [-0.39, 0.29) is 5.78 Å². The summed E-state index contributed by atoms with van der Waals surface area (Å²) in [5, 5.41) is 3.63. The van der Waals surface area contributed by atoms with Crippen molar-refractivity contribution in [2.75, 3.05) is 26.6 Å². The van der Waals surface area contributed by atoms with E-state index in [0.717, 1.165) is 16.8 Å². The van der Waals surface area contributed by atoms with Gasteiger partial charge in [-0.05, 0) is 47.5 Å². The maximum absolute atomic E-state index is 12.2. The fraction of sp³-hybridized carbons (Fsp3) is 0.115. The third kappa shape index (κ3) is 5.93. The fourth-order valence-corrected chi connectivity index (χ4v) is 3.22. The standard InChI is InChI=1S/C26H24ClNO4/c1-30-24-15-19(16-25(31-2)26(24)32-3)8-7-18-9-11-22(12-10-18)28-14-13-23(29)20-5-4-6-21(27)17-20/h4-17,28H,1-3H3. The number of ketones is 1. The molecule has 1 N–H and O–H groups in total. The number of halogens is 1. The van der Waals surface area contributed by atoms with Crippen LogP contribution in [-0.4, -0.2) is 27.1 Å². The summed E-state index contributed by atoms with van der Waals surface area (Å²) in [7, 11) is 4.76. The molecule has 0 saturated heterocycles. The summed E-state index contributed by atoms with van der Waals surface area (Å²) in [4.78, 5) is 12.2. The minimum atomic E-state index is -0.120. The van der Waals surface area contributed by atoms with E-state index in [1.165, 1.54) is 6.08 Å². The van der Waals surface area contributed by atoms with Gasteiger partial charge in [0, 0.05) is 28.5 Å². The highest BCUT2D eigenvalue weighted by Crippen LogP contribution is 2.38. The zero-order chi connectivity index (χ0) is 22.9. The summed E-state index contributed by atoms with van der Waals surface area (Å²) >= 11 is 5.93. The second-order valence-corrected chi connectivity index (χ2v) is 7.20. The number of hydrogen-bond acceptors (Lipinski definition) is 5. The van der Waals surface area contributed by atoms with Crippen LogP contribution in [0.15, 0.2) is 72.9 Å². The smallest absolute Gasteiger partial charge is 0.203 e. The molecular weight excluding hydrogens is 426 g/mol. The predicted octanol–water partition coefficient (Wildman–Crippen LogP) is 6.34. The Morgan fingerprint density at radius 1 is 0.844 bits per heavy atom. The zero-order valence-corrected chi connectivity index (χ0v) is 18.8. The van der Waals surface area contributed by atoms with Gasteiger partial charge in [-0.3, -0.25) is 4.79 Å². The van der Waals surface area contributed by atoms with Crippen molar-refractivity contribution < 1.29 is 19.0 Å². The van der Waals surface area contributed by atoms with Crippen LogP contribution in [0.25, 0.3) is 12.2 Å². The number of carbonyl (C=O) groups excluding carboxylic acids is 1. The van der Waals surface area contributed by atoms with Crippen molar-refractivity contribution in [3.05, 3.63) is 94.7 Å². The summed E-state index contributed by atoms with van der Waals surface area (Å²) in [6.07, 6.45) is 7.05. The molecule has 0 atom stereocenters. The lowest BCUT2D eigenvalue weighted by Crippen LogP contribution is -1.96. The van der Waals surface area contributed by atoms with Gasteiger partial charge in [0.05, 0.1) is 21.3 Å². The number of methoxy groups -OCH3 is 3. The van der Waals surface area contributed by atoms with Gasteiger partial charge in [-0.15, -0.1) is 0 Å². The molecule has 0 spiro atoms. The van der Waals surface area contributed by atoms with Crippen molar-refractivity contribution in [3.63, 3.8) is 0 Å². The molecular formula is C26H24ClNO4. The van der Waals surface area contributed by atoms with Crippen LogP contribution in [0.5, 0.6) is 17.2 Å². The topological polar surface area (TPSA) is 56.8 Å². The number of hydrogen-bond donors (Lipinski definition) is 1. The normalized spacial score (nSPS) is 11.0. The molecule has 0 bridgehead atoms. The first kappa shape index (κ1) is 23.0. The van der Waals surface area contributed by atoms with Crippen molar-refractivity contribution in [2.24, 2.45) is 0 Å². The lowest BCUT2D eigenvalue weighted by molar-refractivity contribution is 0.104. The Bertz CT molecular complexity index is 1110. The number of ether oxygens (including phenoxy) is 3. The highest BCUT2D eigenvalue weighted by atomic mass is 35.5. The van der Waals surface area contributed by atoms with Crippen molar-refractivity contribution in [2.45, 2.75) is 0 Å². The predicted molar refractivity (Wildman–Crippen MR) is 130 cm³/mol. The van der Waals surface area contributed by atoms with Crippen LogP contribution >= 0.6 is 11.6 Å². The van der Waals surface area contributed by atoms with E-state index < -0.39 is 0 Å². The SMILES string of the molecule is COc1cc(C=Cc2ccc(NC=CC(=O)c3cccc(Cl)c3)cc2)cc(OC)c1OC. The molecule has 3 rings (SSSR count). The number of rotatable bonds is 9. The van der Waals surface area contributed by atoms with Crippen molar-refractivity contribution in [1.29, 1.82) is 0 Å². The van der Waals surface area contributed by atoms with Gasteiger partial charge in [-0.1, -0.05) is 48.0 Å². The first-order chi connectivity index (χ1) is 15.5. The van der Waals surface area contributed by atoms with E-state index in [4.69, 9.17) is 25.8 Å². The van der Waals surface area contributed by atoms with Crippen molar-refractivity contribution in [3.8, 4) is 17.2 Å². The zero-order valence-electron chi connectivity index (χ0n) is 18.1. The second kappa shape index (κ2) is 11.1. The molecule has 6 heteroatoms. The maximum Gasteiger partial charge on any atom is 0.203 e. The molecule has 3 aromatic rings. The van der Waals surface area contributed by atoms with E-state index in [9.17, 15) is 4.79 Å². The van der Waals surface area contributed by atoms with E-state index in [2.05, 4.69) is 5.32 Å². The Balaban J connectivity index is 1.64. The van der Waals surface area contributed by atoms with E-state index >= 15 is 0 Å². The molecule has 3 aromatic carbocycles. The highest BCUT2D eigenvalue weighted by Gasteiger charge is 2.11. The maximum atomic E-state index is 12.2. The fourth-order valence-electron chi connectivity index (χ4n) is 3.03. The van der Waals surface area contributed by atoms with Crippen molar-refractivity contribution in [1.82, 2.24) is 0 Å². The quantitative estimate of drug-likeness (QED) is 0.234. The molecule has 0 aliphatic heterocycles. The van der Waals surface area contributed by atoms with Gasteiger partial charge < -0.3 is 19.5 Å². The Labute approximate surface area is 192 Å². The van der Waals surface area contributed by atoms with E-state index in [0.29, 0.717) is 27.8 Å². The number of anilines is 1.